The monoisotopic (exact) mass is 256 g/mol. The predicted molar refractivity (Wildman–Crippen MR) is 73.1 cm³/mol. The molecule has 1 atom stereocenters. The van der Waals surface area contributed by atoms with Gasteiger partial charge in [0.2, 0.25) is 5.91 Å². The number of rotatable bonds is 6. The molecule has 1 aliphatic heterocycles. The van der Waals surface area contributed by atoms with E-state index in [0.717, 1.165) is 25.7 Å². The highest BCUT2D eigenvalue weighted by Gasteiger charge is 2.22. The lowest BCUT2D eigenvalue weighted by Crippen LogP contribution is -2.40. The summed E-state index contributed by atoms with van der Waals surface area (Å²) >= 11 is 0. The van der Waals surface area contributed by atoms with Crippen LogP contribution < -0.4 is 5.73 Å². The van der Waals surface area contributed by atoms with Crippen LogP contribution in [0, 0.1) is 11.8 Å². The van der Waals surface area contributed by atoms with E-state index in [0.29, 0.717) is 37.9 Å². The van der Waals surface area contributed by atoms with Crippen LogP contribution in [0.25, 0.3) is 0 Å². The Labute approximate surface area is 111 Å². The first-order valence-electron chi connectivity index (χ1n) is 7.20. The summed E-state index contributed by atoms with van der Waals surface area (Å²) in [6, 6.07) is 0. The average molecular weight is 256 g/mol. The van der Waals surface area contributed by atoms with Gasteiger partial charge in [-0.3, -0.25) is 4.79 Å². The van der Waals surface area contributed by atoms with Crippen LogP contribution >= 0.6 is 0 Å². The summed E-state index contributed by atoms with van der Waals surface area (Å²) < 4.78 is 0. The fraction of sp³-hybridized carbons (Fsp3) is 0.929. The molecule has 1 amide bonds. The minimum Gasteiger partial charge on any atom is -0.393 e. The van der Waals surface area contributed by atoms with E-state index in [1.54, 1.807) is 0 Å². The number of carbonyl (C=O) groups excluding carboxylic acids is 1. The maximum Gasteiger partial charge on any atom is 0.222 e. The van der Waals surface area contributed by atoms with Crippen LogP contribution in [0.2, 0.25) is 0 Å². The second kappa shape index (κ2) is 7.74. The maximum absolute atomic E-state index is 12.0. The van der Waals surface area contributed by atoms with E-state index in [1.165, 1.54) is 0 Å². The van der Waals surface area contributed by atoms with Crippen molar-refractivity contribution in [3.63, 3.8) is 0 Å². The van der Waals surface area contributed by atoms with Gasteiger partial charge in [0.25, 0.3) is 0 Å². The van der Waals surface area contributed by atoms with Gasteiger partial charge in [0.15, 0.2) is 0 Å². The van der Waals surface area contributed by atoms with E-state index in [4.69, 9.17) is 5.73 Å². The smallest absolute Gasteiger partial charge is 0.222 e. The van der Waals surface area contributed by atoms with Gasteiger partial charge in [-0.2, -0.15) is 0 Å². The summed E-state index contributed by atoms with van der Waals surface area (Å²) in [5, 5.41) is 9.42. The number of carbonyl (C=O) groups is 1. The molecule has 0 bridgehead atoms. The molecule has 0 aromatic heterocycles. The molecule has 1 unspecified atom stereocenters. The molecule has 0 spiro atoms. The molecular weight excluding hydrogens is 228 g/mol. The number of aliphatic hydroxyl groups is 1. The van der Waals surface area contributed by atoms with Crippen LogP contribution in [0.3, 0.4) is 0 Å². The van der Waals surface area contributed by atoms with Crippen LogP contribution in [0.5, 0.6) is 0 Å². The van der Waals surface area contributed by atoms with Crippen LogP contribution in [0.4, 0.5) is 0 Å². The van der Waals surface area contributed by atoms with Gasteiger partial charge in [0.1, 0.15) is 0 Å². The third kappa shape index (κ3) is 4.94. The van der Waals surface area contributed by atoms with Crippen LogP contribution in [0.15, 0.2) is 0 Å². The Kier molecular flexibility index (Phi) is 6.65. The van der Waals surface area contributed by atoms with Gasteiger partial charge in [0.05, 0.1) is 6.10 Å². The molecule has 1 rings (SSSR count). The van der Waals surface area contributed by atoms with E-state index >= 15 is 0 Å². The highest BCUT2D eigenvalue weighted by Crippen LogP contribution is 2.21. The summed E-state index contributed by atoms with van der Waals surface area (Å²) in [6.45, 7) is 6.52. The first-order valence-corrected chi connectivity index (χ1v) is 7.20. The number of likely N-dealkylation sites (tertiary alicyclic amines) is 1. The molecule has 1 heterocycles. The molecule has 0 aromatic rings. The number of aliphatic hydroxyl groups excluding tert-OH is 1. The third-order valence-corrected chi connectivity index (χ3v) is 4.03. The fourth-order valence-electron chi connectivity index (χ4n) is 2.61. The summed E-state index contributed by atoms with van der Waals surface area (Å²) in [5.41, 5.74) is 5.61. The number of nitrogens with zero attached hydrogens (tertiary/aromatic N) is 1. The van der Waals surface area contributed by atoms with Crippen LogP contribution in [-0.4, -0.2) is 41.7 Å². The normalized spacial score (nSPS) is 19.3. The topological polar surface area (TPSA) is 66.6 Å². The lowest BCUT2D eigenvalue weighted by atomic mass is 9.88. The first kappa shape index (κ1) is 15.4. The summed E-state index contributed by atoms with van der Waals surface area (Å²) in [4.78, 5) is 13.9. The Morgan fingerprint density at radius 2 is 1.94 bits per heavy atom. The quantitative estimate of drug-likeness (QED) is 0.754. The van der Waals surface area contributed by atoms with Gasteiger partial charge in [-0.25, -0.2) is 0 Å². The van der Waals surface area contributed by atoms with Crippen molar-refractivity contribution in [1.29, 1.82) is 0 Å². The van der Waals surface area contributed by atoms with E-state index < -0.39 is 0 Å². The fourth-order valence-corrected chi connectivity index (χ4v) is 2.61. The SMILES string of the molecule is CC(C)C(CCN)CCC(=O)N1CCC(O)CC1. The number of piperidine rings is 1. The zero-order valence-electron chi connectivity index (χ0n) is 11.8. The van der Waals surface area contributed by atoms with Crippen LogP contribution in [0.1, 0.15) is 46.0 Å². The predicted octanol–water partition coefficient (Wildman–Crippen LogP) is 1.37. The number of hydrogen-bond acceptors (Lipinski definition) is 3. The second-order valence-electron chi connectivity index (χ2n) is 5.73. The Hall–Kier alpha value is -0.610. The van der Waals surface area contributed by atoms with Crippen molar-refractivity contribution in [2.45, 2.75) is 52.1 Å². The van der Waals surface area contributed by atoms with Crippen molar-refractivity contribution in [2.24, 2.45) is 17.6 Å². The highest BCUT2D eigenvalue weighted by atomic mass is 16.3. The van der Waals surface area contributed by atoms with Crippen molar-refractivity contribution >= 4 is 5.91 Å². The molecule has 1 fully saturated rings. The average Bonchev–Trinajstić information content (AvgIpc) is 2.34. The van der Waals surface area contributed by atoms with Crippen molar-refractivity contribution in [1.82, 2.24) is 4.90 Å². The van der Waals surface area contributed by atoms with Crippen molar-refractivity contribution in [2.75, 3.05) is 19.6 Å². The molecule has 1 saturated heterocycles. The molecule has 0 aliphatic carbocycles. The Bertz CT molecular complexity index is 248. The van der Waals surface area contributed by atoms with Gasteiger partial charge in [-0.05, 0) is 44.1 Å². The van der Waals surface area contributed by atoms with Crippen molar-refractivity contribution in [3.05, 3.63) is 0 Å². The van der Waals surface area contributed by atoms with Crippen molar-refractivity contribution in [3.8, 4) is 0 Å². The molecule has 0 saturated carbocycles. The Balaban J connectivity index is 2.31. The lowest BCUT2D eigenvalue weighted by molar-refractivity contribution is -0.133. The van der Waals surface area contributed by atoms with Crippen molar-refractivity contribution < 1.29 is 9.90 Å². The number of nitrogens with two attached hydrogens (primary N) is 1. The molecule has 3 N–H and O–H groups in total. The van der Waals surface area contributed by atoms with Gasteiger partial charge in [0, 0.05) is 19.5 Å². The minimum atomic E-state index is -0.213. The largest absolute Gasteiger partial charge is 0.393 e. The second-order valence-corrected chi connectivity index (χ2v) is 5.73. The van der Waals surface area contributed by atoms with Gasteiger partial charge < -0.3 is 15.7 Å². The number of amides is 1. The zero-order valence-corrected chi connectivity index (χ0v) is 11.8. The third-order valence-electron chi connectivity index (χ3n) is 4.03. The standard InChI is InChI=1S/C14H28N2O2/c1-11(2)12(5-8-15)3-4-14(18)16-9-6-13(17)7-10-16/h11-13,17H,3-10,15H2,1-2H3. The maximum atomic E-state index is 12.0. The molecule has 1 aliphatic rings. The van der Waals surface area contributed by atoms with Crippen LogP contribution in [-0.2, 0) is 4.79 Å². The van der Waals surface area contributed by atoms with E-state index in [-0.39, 0.29) is 12.0 Å². The molecule has 4 nitrogen and oxygen atoms in total. The highest BCUT2D eigenvalue weighted by molar-refractivity contribution is 5.76. The van der Waals surface area contributed by atoms with E-state index in [2.05, 4.69) is 13.8 Å². The molecule has 0 radical (unpaired) electrons. The summed E-state index contributed by atoms with van der Waals surface area (Å²) in [5.74, 6) is 1.38. The van der Waals surface area contributed by atoms with Gasteiger partial charge >= 0.3 is 0 Å². The molecule has 4 heteroatoms. The zero-order chi connectivity index (χ0) is 13.5. The lowest BCUT2D eigenvalue weighted by Gasteiger charge is -2.30. The molecular formula is C14H28N2O2. The Morgan fingerprint density at radius 3 is 2.44 bits per heavy atom. The van der Waals surface area contributed by atoms with Gasteiger partial charge in [-0.1, -0.05) is 13.8 Å². The minimum absolute atomic E-state index is 0.213. The molecule has 0 aromatic carbocycles. The summed E-state index contributed by atoms with van der Waals surface area (Å²) in [6.07, 6.45) is 3.80. The Morgan fingerprint density at radius 1 is 1.33 bits per heavy atom. The molecule has 18 heavy (non-hydrogen) atoms. The van der Waals surface area contributed by atoms with Gasteiger partial charge in [-0.15, -0.1) is 0 Å². The first-order chi connectivity index (χ1) is 8.54. The van der Waals surface area contributed by atoms with E-state index in [9.17, 15) is 9.90 Å². The summed E-state index contributed by atoms with van der Waals surface area (Å²) in [7, 11) is 0. The number of hydrogen-bond donors (Lipinski definition) is 2. The molecule has 106 valence electrons. The van der Waals surface area contributed by atoms with E-state index in [1.807, 2.05) is 4.90 Å².